The summed E-state index contributed by atoms with van der Waals surface area (Å²) in [6.45, 7) is 0. The highest BCUT2D eigenvalue weighted by Gasteiger charge is 2.12. The minimum Gasteiger partial charge on any atom is -0.222 e. The van der Waals surface area contributed by atoms with E-state index in [0.29, 0.717) is 12.1 Å². The molecule has 1 heterocycles. The second kappa shape index (κ2) is 10.6. The van der Waals surface area contributed by atoms with Crippen LogP contribution >= 0.6 is 11.6 Å². The maximum absolute atomic E-state index is 5.67. The molecule has 1 aromatic heterocycles. The summed E-state index contributed by atoms with van der Waals surface area (Å²) in [6.07, 6.45) is 15.1. The first-order chi connectivity index (χ1) is 11.3. The minimum absolute atomic E-state index is 0.533. The van der Waals surface area contributed by atoms with Gasteiger partial charge in [0.05, 0.1) is 18.1 Å². The lowest BCUT2D eigenvalue weighted by atomic mass is 9.96. The summed E-state index contributed by atoms with van der Waals surface area (Å²) in [6, 6.07) is 9.73. The number of halogens is 1. The van der Waals surface area contributed by atoms with Gasteiger partial charge in [-0.1, -0.05) is 38.5 Å². The average molecular weight is 335 g/mol. The first-order valence-corrected chi connectivity index (χ1v) is 9.38. The van der Waals surface area contributed by atoms with Gasteiger partial charge in [-0.3, -0.25) is 0 Å². The number of hydrogen-bond acceptors (Lipinski definition) is 2. The average Bonchev–Trinajstić information content (AvgIpc) is 2.60. The smallest absolute Gasteiger partial charge is 0.222 e. The van der Waals surface area contributed by atoms with Crippen LogP contribution in [-0.4, -0.2) is 18.1 Å². The van der Waals surface area contributed by atoms with E-state index in [-0.39, 0.29) is 0 Å². The van der Waals surface area contributed by atoms with E-state index in [1.165, 1.54) is 64.2 Å². The van der Waals surface area contributed by atoms with Crippen LogP contribution in [-0.2, 0) is 7.05 Å². The van der Waals surface area contributed by atoms with E-state index < -0.39 is 0 Å². The van der Waals surface area contributed by atoms with Gasteiger partial charge in [-0.05, 0) is 43.4 Å². The summed E-state index contributed by atoms with van der Waals surface area (Å²) in [4.78, 5) is 8.92. The Kier molecular flexibility index (Phi) is 8.35. The van der Waals surface area contributed by atoms with Crippen LogP contribution in [0.15, 0.2) is 34.4 Å². The van der Waals surface area contributed by atoms with Crippen LogP contribution in [0.3, 0.4) is 0 Å². The van der Waals surface area contributed by atoms with Crippen LogP contribution in [0.2, 0.25) is 5.15 Å². The zero-order valence-electron chi connectivity index (χ0n) is 14.3. The van der Waals surface area contributed by atoms with Crippen LogP contribution in [0.5, 0.6) is 0 Å². The first kappa shape index (κ1) is 18.2. The molecular formula is C19H29ClN3+. The third kappa shape index (κ3) is 7.28. The van der Waals surface area contributed by atoms with Crippen LogP contribution < -0.4 is 4.57 Å². The molecule has 0 unspecified atom stereocenters. The van der Waals surface area contributed by atoms with Gasteiger partial charge in [0.25, 0.3) is 5.15 Å². The molecule has 0 N–H and O–H groups in total. The molecule has 2 aliphatic rings. The highest BCUT2D eigenvalue weighted by atomic mass is 35.5. The number of aliphatic imine (C=N–C) groups is 2. The number of pyridine rings is 1. The maximum Gasteiger partial charge on any atom is 0.274 e. The molecule has 2 fully saturated rings. The Labute approximate surface area is 145 Å². The van der Waals surface area contributed by atoms with Gasteiger partial charge in [0.1, 0.15) is 7.05 Å². The van der Waals surface area contributed by atoms with Crippen molar-refractivity contribution < 1.29 is 4.57 Å². The lowest BCUT2D eigenvalue weighted by Gasteiger charge is -2.17. The molecule has 0 amide bonds. The van der Waals surface area contributed by atoms with Gasteiger partial charge >= 0.3 is 0 Å². The van der Waals surface area contributed by atoms with Crippen LogP contribution in [0.1, 0.15) is 64.2 Å². The molecule has 0 atom stereocenters. The molecule has 0 radical (unpaired) electrons. The van der Waals surface area contributed by atoms with Gasteiger partial charge in [0.15, 0.2) is 6.20 Å². The lowest BCUT2D eigenvalue weighted by Crippen LogP contribution is -2.27. The molecule has 2 saturated carbocycles. The minimum atomic E-state index is 0.533. The number of rotatable bonds is 2. The van der Waals surface area contributed by atoms with E-state index in [4.69, 9.17) is 11.6 Å². The summed E-state index contributed by atoms with van der Waals surface area (Å²) in [5, 5.41) is 0.757. The zero-order chi connectivity index (χ0) is 16.3. The van der Waals surface area contributed by atoms with E-state index >= 15 is 0 Å². The molecular weight excluding hydrogens is 306 g/mol. The van der Waals surface area contributed by atoms with Crippen molar-refractivity contribution in [3.8, 4) is 0 Å². The van der Waals surface area contributed by atoms with Crippen LogP contribution in [0.25, 0.3) is 0 Å². The molecule has 126 valence electrons. The van der Waals surface area contributed by atoms with Gasteiger partial charge < -0.3 is 0 Å². The molecule has 3 rings (SSSR count). The standard InChI is InChI=1S/C13H22N2.C6H7ClN/c1-3-7-12(8-4-1)14-11-15-13-9-5-2-6-10-13;1-8-5-3-2-4-6(8)7/h12-13H,1-10H2;2-5H,1H3/q;+1. The summed E-state index contributed by atoms with van der Waals surface area (Å²) in [5.41, 5.74) is 0. The fourth-order valence-corrected chi connectivity index (χ4v) is 3.25. The largest absolute Gasteiger partial charge is 0.274 e. The maximum atomic E-state index is 5.67. The lowest BCUT2D eigenvalue weighted by molar-refractivity contribution is -0.669. The van der Waals surface area contributed by atoms with Gasteiger partial charge in [0, 0.05) is 12.1 Å². The van der Waals surface area contributed by atoms with Crippen LogP contribution in [0.4, 0.5) is 0 Å². The molecule has 3 nitrogen and oxygen atoms in total. The molecule has 0 aliphatic heterocycles. The van der Waals surface area contributed by atoms with E-state index in [9.17, 15) is 0 Å². The molecule has 23 heavy (non-hydrogen) atoms. The van der Waals surface area contributed by atoms with Crippen molar-refractivity contribution in [1.82, 2.24) is 0 Å². The van der Waals surface area contributed by atoms with Crippen molar-refractivity contribution in [3.63, 3.8) is 0 Å². The number of aromatic nitrogens is 1. The third-order valence-corrected chi connectivity index (χ3v) is 5.01. The van der Waals surface area contributed by atoms with Crippen LogP contribution in [0, 0.1) is 0 Å². The highest BCUT2D eigenvalue weighted by Crippen LogP contribution is 2.21. The van der Waals surface area contributed by atoms with Crippen molar-refractivity contribution in [2.24, 2.45) is 17.0 Å². The molecule has 0 spiro atoms. The number of hydrogen-bond donors (Lipinski definition) is 0. The quantitative estimate of drug-likeness (QED) is 0.414. The molecule has 0 bridgehead atoms. The van der Waals surface area contributed by atoms with E-state index in [2.05, 4.69) is 16.0 Å². The van der Waals surface area contributed by atoms with Gasteiger partial charge in [-0.25, -0.2) is 9.98 Å². The van der Waals surface area contributed by atoms with Gasteiger partial charge in [-0.2, -0.15) is 4.57 Å². The third-order valence-electron chi connectivity index (χ3n) is 4.62. The normalized spacial score (nSPS) is 19.2. The Morgan fingerprint density at radius 3 is 1.83 bits per heavy atom. The van der Waals surface area contributed by atoms with E-state index in [0.717, 1.165) is 5.15 Å². The van der Waals surface area contributed by atoms with E-state index in [1.807, 2.05) is 36.0 Å². The molecule has 4 heteroatoms. The Balaban J connectivity index is 0.000000203. The number of nitrogens with zero attached hydrogens (tertiary/aromatic N) is 3. The van der Waals surface area contributed by atoms with Crippen molar-refractivity contribution in [1.29, 1.82) is 0 Å². The van der Waals surface area contributed by atoms with Crippen molar-refractivity contribution in [2.75, 3.05) is 0 Å². The summed E-state index contributed by atoms with van der Waals surface area (Å²) in [7, 11) is 1.91. The Morgan fingerprint density at radius 1 is 0.913 bits per heavy atom. The van der Waals surface area contributed by atoms with Crippen molar-refractivity contribution in [3.05, 3.63) is 29.5 Å². The summed E-state index contributed by atoms with van der Waals surface area (Å²) < 4.78 is 1.85. The Morgan fingerprint density at radius 2 is 1.43 bits per heavy atom. The zero-order valence-corrected chi connectivity index (χ0v) is 15.0. The molecule has 0 aromatic carbocycles. The second-order valence-corrected chi connectivity index (χ2v) is 6.96. The molecule has 0 saturated heterocycles. The Bertz CT molecular complexity index is 468. The fourth-order valence-electron chi connectivity index (χ4n) is 3.12. The monoisotopic (exact) mass is 334 g/mol. The summed E-state index contributed by atoms with van der Waals surface area (Å²) >= 11 is 5.67. The topological polar surface area (TPSA) is 28.6 Å². The SMILES string of the molecule is C(=NC1CCCCC1)=NC1CCCCC1.C[n+]1ccccc1Cl. The predicted molar refractivity (Wildman–Crippen MR) is 96.2 cm³/mol. The first-order valence-electron chi connectivity index (χ1n) is 9.00. The highest BCUT2D eigenvalue weighted by molar-refractivity contribution is 6.28. The molecule has 2 aliphatic carbocycles. The Hall–Kier alpha value is -1.18. The van der Waals surface area contributed by atoms with Gasteiger partial charge in [-0.15, -0.1) is 0 Å². The fraction of sp³-hybridized carbons (Fsp3) is 0.684. The number of aryl methyl sites for hydroxylation is 1. The van der Waals surface area contributed by atoms with E-state index in [1.54, 1.807) is 0 Å². The summed E-state index contributed by atoms with van der Waals surface area (Å²) in [5.74, 6) is 0. The van der Waals surface area contributed by atoms with Gasteiger partial charge in [0.2, 0.25) is 0 Å². The van der Waals surface area contributed by atoms with Crippen molar-refractivity contribution in [2.45, 2.75) is 76.3 Å². The predicted octanol–water partition coefficient (Wildman–Crippen LogP) is 4.99. The second-order valence-electron chi connectivity index (χ2n) is 6.58. The molecule has 1 aromatic rings. The van der Waals surface area contributed by atoms with Crippen molar-refractivity contribution >= 4 is 17.6 Å².